The SMILES string of the molecule is COc1cccc(Cc2cnc(NC(=O)c3oc4c(c3C)C(=O)CCC4)s2)c1. The highest BCUT2D eigenvalue weighted by Crippen LogP contribution is 2.30. The van der Waals surface area contributed by atoms with Crippen LogP contribution >= 0.6 is 11.3 Å². The average Bonchev–Trinajstić information content (AvgIpc) is 3.26. The van der Waals surface area contributed by atoms with Gasteiger partial charge in [-0.05, 0) is 31.0 Å². The summed E-state index contributed by atoms with van der Waals surface area (Å²) in [7, 11) is 1.64. The van der Waals surface area contributed by atoms with Gasteiger partial charge in [0.05, 0.1) is 12.7 Å². The zero-order valence-electron chi connectivity index (χ0n) is 15.7. The molecule has 3 aromatic rings. The van der Waals surface area contributed by atoms with E-state index in [1.165, 1.54) is 11.3 Å². The molecule has 1 aliphatic rings. The number of hydrogen-bond acceptors (Lipinski definition) is 6. The van der Waals surface area contributed by atoms with E-state index in [2.05, 4.69) is 10.3 Å². The number of nitrogens with one attached hydrogen (secondary N) is 1. The molecule has 0 aliphatic heterocycles. The molecule has 2 aromatic heterocycles. The molecule has 28 heavy (non-hydrogen) atoms. The summed E-state index contributed by atoms with van der Waals surface area (Å²) >= 11 is 1.41. The average molecular weight is 396 g/mol. The maximum atomic E-state index is 12.6. The van der Waals surface area contributed by atoms with E-state index in [4.69, 9.17) is 9.15 Å². The van der Waals surface area contributed by atoms with E-state index in [9.17, 15) is 9.59 Å². The van der Waals surface area contributed by atoms with Crippen LogP contribution in [0, 0.1) is 6.92 Å². The number of hydrogen-bond donors (Lipinski definition) is 1. The molecule has 2 heterocycles. The largest absolute Gasteiger partial charge is 0.497 e. The van der Waals surface area contributed by atoms with Crippen LogP contribution in [0.3, 0.4) is 0 Å². The van der Waals surface area contributed by atoms with Gasteiger partial charge in [-0.1, -0.05) is 12.1 Å². The number of carbonyl (C=O) groups excluding carboxylic acids is 2. The van der Waals surface area contributed by atoms with E-state index in [0.29, 0.717) is 41.3 Å². The predicted molar refractivity (Wildman–Crippen MR) is 107 cm³/mol. The molecule has 0 spiro atoms. The van der Waals surface area contributed by atoms with Crippen molar-refractivity contribution < 1.29 is 18.7 Å². The Morgan fingerprint density at radius 3 is 3.00 bits per heavy atom. The topological polar surface area (TPSA) is 81.4 Å². The summed E-state index contributed by atoms with van der Waals surface area (Å²) in [5.41, 5.74) is 2.30. The summed E-state index contributed by atoms with van der Waals surface area (Å²) < 4.78 is 10.9. The fourth-order valence-electron chi connectivity index (χ4n) is 3.45. The van der Waals surface area contributed by atoms with E-state index < -0.39 is 0 Å². The second kappa shape index (κ2) is 7.59. The van der Waals surface area contributed by atoms with E-state index >= 15 is 0 Å². The maximum Gasteiger partial charge on any atom is 0.293 e. The van der Waals surface area contributed by atoms with Gasteiger partial charge in [0.25, 0.3) is 5.91 Å². The first-order valence-electron chi connectivity index (χ1n) is 9.09. The minimum absolute atomic E-state index is 0.0522. The number of Topliss-reactive ketones (excluding diaryl/α,β-unsaturated/α-hetero) is 1. The molecule has 0 fully saturated rings. The third kappa shape index (κ3) is 3.57. The molecular formula is C21H20N2O4S. The van der Waals surface area contributed by atoms with Gasteiger partial charge in [0, 0.05) is 35.9 Å². The molecule has 6 nitrogen and oxygen atoms in total. The molecule has 1 amide bonds. The van der Waals surface area contributed by atoms with Crippen LogP contribution in [0.25, 0.3) is 0 Å². The smallest absolute Gasteiger partial charge is 0.293 e. The number of benzene rings is 1. The van der Waals surface area contributed by atoms with Crippen molar-refractivity contribution in [1.82, 2.24) is 4.98 Å². The number of amides is 1. The van der Waals surface area contributed by atoms with Crippen molar-refractivity contribution in [1.29, 1.82) is 0 Å². The fourth-order valence-corrected chi connectivity index (χ4v) is 4.29. The van der Waals surface area contributed by atoms with Gasteiger partial charge < -0.3 is 9.15 Å². The molecule has 0 unspecified atom stereocenters. The van der Waals surface area contributed by atoms with Crippen LogP contribution in [0.15, 0.2) is 34.9 Å². The third-order valence-corrected chi connectivity index (χ3v) is 5.71. The Bertz CT molecular complexity index is 1050. The first-order valence-corrected chi connectivity index (χ1v) is 9.91. The van der Waals surface area contributed by atoms with Crippen molar-refractivity contribution in [3.63, 3.8) is 0 Å². The zero-order valence-corrected chi connectivity index (χ0v) is 16.5. The van der Waals surface area contributed by atoms with Crippen molar-refractivity contribution in [3.8, 4) is 5.75 Å². The van der Waals surface area contributed by atoms with E-state index in [0.717, 1.165) is 22.6 Å². The van der Waals surface area contributed by atoms with Gasteiger partial charge in [0.15, 0.2) is 16.7 Å². The van der Waals surface area contributed by atoms with Crippen molar-refractivity contribution in [3.05, 3.63) is 63.6 Å². The summed E-state index contributed by atoms with van der Waals surface area (Å²) in [5, 5.41) is 3.29. The molecule has 1 aromatic carbocycles. The number of nitrogens with zero attached hydrogens (tertiary/aromatic N) is 1. The number of aryl methyl sites for hydroxylation is 1. The fraction of sp³-hybridized carbons (Fsp3) is 0.286. The number of carbonyl (C=O) groups is 2. The first-order chi connectivity index (χ1) is 13.5. The predicted octanol–water partition coefficient (Wildman–Crippen LogP) is 4.42. The molecule has 4 rings (SSSR count). The highest BCUT2D eigenvalue weighted by molar-refractivity contribution is 7.15. The summed E-state index contributed by atoms with van der Waals surface area (Å²) in [6.07, 6.45) is 4.42. The molecular weight excluding hydrogens is 376 g/mol. The van der Waals surface area contributed by atoms with Crippen LogP contribution in [0.5, 0.6) is 5.75 Å². The number of furan rings is 1. The molecule has 0 bridgehead atoms. The van der Waals surface area contributed by atoms with E-state index in [1.807, 2.05) is 24.3 Å². The molecule has 0 radical (unpaired) electrons. The molecule has 0 saturated heterocycles. The molecule has 1 N–H and O–H groups in total. The van der Waals surface area contributed by atoms with Gasteiger partial charge in [-0.3, -0.25) is 14.9 Å². The zero-order chi connectivity index (χ0) is 19.7. The number of ketones is 1. The summed E-state index contributed by atoms with van der Waals surface area (Å²) in [5.74, 6) is 1.31. The molecule has 1 aliphatic carbocycles. The normalized spacial score (nSPS) is 13.3. The van der Waals surface area contributed by atoms with Crippen LogP contribution < -0.4 is 10.1 Å². The Balaban J connectivity index is 1.48. The highest BCUT2D eigenvalue weighted by atomic mass is 32.1. The molecule has 0 saturated carbocycles. The van der Waals surface area contributed by atoms with Crippen LogP contribution in [0.1, 0.15) is 55.5 Å². The van der Waals surface area contributed by atoms with Crippen molar-refractivity contribution in [2.75, 3.05) is 12.4 Å². The second-order valence-electron chi connectivity index (χ2n) is 6.75. The lowest BCUT2D eigenvalue weighted by Crippen LogP contribution is -2.13. The van der Waals surface area contributed by atoms with Gasteiger partial charge in [0.2, 0.25) is 0 Å². The van der Waals surface area contributed by atoms with Gasteiger partial charge in [-0.15, -0.1) is 11.3 Å². The minimum Gasteiger partial charge on any atom is -0.497 e. The van der Waals surface area contributed by atoms with Gasteiger partial charge in [-0.2, -0.15) is 0 Å². The number of methoxy groups -OCH3 is 1. The number of aromatic nitrogens is 1. The third-order valence-electron chi connectivity index (χ3n) is 4.80. The monoisotopic (exact) mass is 396 g/mol. The van der Waals surface area contributed by atoms with E-state index in [1.54, 1.807) is 20.2 Å². The summed E-state index contributed by atoms with van der Waals surface area (Å²) in [4.78, 5) is 30.1. The molecule has 7 heteroatoms. The first kappa shape index (κ1) is 18.4. The van der Waals surface area contributed by atoms with Gasteiger partial charge in [-0.25, -0.2) is 4.98 Å². The number of ether oxygens (including phenoxy) is 1. The number of anilines is 1. The standard InChI is InChI=1S/C21H20N2O4S/c1-12-18-16(24)7-4-8-17(18)27-19(12)20(25)23-21-22-11-15(28-21)10-13-5-3-6-14(9-13)26-2/h3,5-6,9,11H,4,7-8,10H2,1-2H3,(H,22,23,25). The maximum absolute atomic E-state index is 12.6. The number of fused-ring (bicyclic) bond motifs is 1. The molecule has 0 atom stereocenters. The Labute approximate surface area is 166 Å². The van der Waals surface area contributed by atoms with Gasteiger partial charge in [0.1, 0.15) is 11.5 Å². The highest BCUT2D eigenvalue weighted by Gasteiger charge is 2.29. The Morgan fingerprint density at radius 1 is 1.36 bits per heavy atom. The van der Waals surface area contributed by atoms with Crippen molar-refractivity contribution in [2.24, 2.45) is 0 Å². The van der Waals surface area contributed by atoms with Crippen LogP contribution in [-0.4, -0.2) is 23.8 Å². The van der Waals surface area contributed by atoms with Crippen LogP contribution in [-0.2, 0) is 12.8 Å². The lowest BCUT2D eigenvalue weighted by Gasteiger charge is -2.07. The van der Waals surface area contributed by atoms with Crippen molar-refractivity contribution >= 4 is 28.2 Å². The lowest BCUT2D eigenvalue weighted by atomic mass is 9.94. The number of thiazole rings is 1. The van der Waals surface area contributed by atoms with Crippen LogP contribution in [0.2, 0.25) is 0 Å². The Kier molecular flexibility index (Phi) is 5.00. The quantitative estimate of drug-likeness (QED) is 0.691. The second-order valence-corrected chi connectivity index (χ2v) is 7.86. The van der Waals surface area contributed by atoms with Crippen LogP contribution in [0.4, 0.5) is 5.13 Å². The number of rotatable bonds is 5. The lowest BCUT2D eigenvalue weighted by molar-refractivity contribution is 0.0963. The minimum atomic E-state index is -0.373. The summed E-state index contributed by atoms with van der Waals surface area (Å²) in [6.45, 7) is 1.76. The molecule has 144 valence electrons. The van der Waals surface area contributed by atoms with Crippen molar-refractivity contribution in [2.45, 2.75) is 32.6 Å². The Morgan fingerprint density at radius 2 is 2.21 bits per heavy atom. The Hall–Kier alpha value is -2.93. The summed E-state index contributed by atoms with van der Waals surface area (Å²) in [6, 6.07) is 7.85. The van der Waals surface area contributed by atoms with Gasteiger partial charge >= 0.3 is 0 Å². The van der Waals surface area contributed by atoms with E-state index in [-0.39, 0.29) is 17.5 Å².